The van der Waals surface area contributed by atoms with E-state index in [1.54, 1.807) is 0 Å². The Bertz CT molecular complexity index is 205. The molecule has 0 saturated heterocycles. The van der Waals surface area contributed by atoms with Gasteiger partial charge in [-0.05, 0) is 30.7 Å². The lowest BCUT2D eigenvalue weighted by atomic mass is 9.97. The number of alkyl halides is 3. The molecule has 2 nitrogen and oxygen atoms in total. The summed E-state index contributed by atoms with van der Waals surface area (Å²) in [7, 11) is 0. The van der Waals surface area contributed by atoms with E-state index in [9.17, 15) is 13.2 Å². The first-order chi connectivity index (χ1) is 8.20. The molecule has 1 N–H and O–H groups in total. The normalized spacial score (nSPS) is 14.5. The summed E-state index contributed by atoms with van der Waals surface area (Å²) in [4.78, 5) is 0. The molecule has 0 spiro atoms. The first-order valence-corrected chi connectivity index (χ1v) is 6.56. The summed E-state index contributed by atoms with van der Waals surface area (Å²) in [5.74, 6) is 1.15. The second kappa shape index (κ2) is 8.75. The molecule has 0 amide bonds. The molecule has 0 aromatic rings. The van der Waals surface area contributed by atoms with Crippen LogP contribution in [0.1, 0.15) is 34.1 Å². The van der Waals surface area contributed by atoms with Crippen LogP contribution >= 0.6 is 0 Å². The Morgan fingerprint density at radius 3 is 2.06 bits per heavy atom. The summed E-state index contributed by atoms with van der Waals surface area (Å²) in [5.41, 5.74) is 0. The highest BCUT2D eigenvalue weighted by Gasteiger charge is 2.28. The first-order valence-electron chi connectivity index (χ1n) is 6.56. The summed E-state index contributed by atoms with van der Waals surface area (Å²) in [6.07, 6.45) is -3.35. The fourth-order valence-corrected chi connectivity index (χ4v) is 1.79. The van der Waals surface area contributed by atoms with E-state index in [0.29, 0.717) is 18.4 Å². The lowest BCUT2D eigenvalue weighted by molar-refractivity contribution is -0.176. The third-order valence-corrected chi connectivity index (χ3v) is 2.41. The Morgan fingerprint density at radius 2 is 1.61 bits per heavy atom. The lowest BCUT2D eigenvalue weighted by Gasteiger charge is -2.20. The van der Waals surface area contributed by atoms with Gasteiger partial charge in [-0.2, -0.15) is 13.2 Å². The molecule has 0 aromatic carbocycles. The number of rotatable bonds is 9. The molecule has 0 aliphatic heterocycles. The van der Waals surface area contributed by atoms with Gasteiger partial charge in [-0.25, -0.2) is 0 Å². The topological polar surface area (TPSA) is 21.3 Å². The quantitative estimate of drug-likeness (QED) is 0.692. The third-order valence-electron chi connectivity index (χ3n) is 2.41. The van der Waals surface area contributed by atoms with Crippen molar-refractivity contribution < 1.29 is 17.9 Å². The number of hydrogen-bond acceptors (Lipinski definition) is 2. The molecular formula is C13H26F3NO. The van der Waals surface area contributed by atoms with Crippen LogP contribution < -0.4 is 5.32 Å². The van der Waals surface area contributed by atoms with E-state index in [4.69, 9.17) is 4.74 Å². The van der Waals surface area contributed by atoms with Gasteiger partial charge in [-0.15, -0.1) is 0 Å². The standard InChI is InChI=1S/C13H26F3NO/c1-10(2)5-12(7-17-6-11(3)4)8-18-9-13(14,15)16/h10-12,17H,5-9H2,1-4H3. The minimum absolute atomic E-state index is 0.145. The summed E-state index contributed by atoms with van der Waals surface area (Å²) in [5, 5.41) is 3.28. The summed E-state index contributed by atoms with van der Waals surface area (Å²) < 4.78 is 40.7. The van der Waals surface area contributed by atoms with Crippen molar-refractivity contribution in [3.8, 4) is 0 Å². The van der Waals surface area contributed by atoms with E-state index in [1.807, 2.05) is 0 Å². The summed E-state index contributed by atoms with van der Waals surface area (Å²) >= 11 is 0. The van der Waals surface area contributed by atoms with Crippen molar-refractivity contribution >= 4 is 0 Å². The van der Waals surface area contributed by atoms with Crippen LogP contribution in [-0.4, -0.2) is 32.5 Å². The maximum absolute atomic E-state index is 12.0. The molecule has 1 atom stereocenters. The second-order valence-corrected chi connectivity index (χ2v) is 5.68. The van der Waals surface area contributed by atoms with Crippen molar-refractivity contribution in [2.45, 2.75) is 40.3 Å². The van der Waals surface area contributed by atoms with Crippen LogP contribution in [0, 0.1) is 17.8 Å². The molecule has 110 valence electrons. The fraction of sp³-hybridized carbons (Fsp3) is 1.00. The van der Waals surface area contributed by atoms with E-state index in [2.05, 4.69) is 33.0 Å². The molecule has 0 fully saturated rings. The zero-order valence-corrected chi connectivity index (χ0v) is 11.8. The molecule has 0 aliphatic carbocycles. The van der Waals surface area contributed by atoms with E-state index in [-0.39, 0.29) is 12.5 Å². The van der Waals surface area contributed by atoms with Crippen LogP contribution in [0.2, 0.25) is 0 Å². The predicted octanol–water partition coefficient (Wildman–Crippen LogP) is 3.47. The van der Waals surface area contributed by atoms with Gasteiger partial charge < -0.3 is 10.1 Å². The number of ether oxygens (including phenoxy) is 1. The molecular weight excluding hydrogens is 243 g/mol. The van der Waals surface area contributed by atoms with Gasteiger partial charge in [0.15, 0.2) is 0 Å². The maximum Gasteiger partial charge on any atom is 0.411 e. The van der Waals surface area contributed by atoms with Crippen molar-refractivity contribution in [2.24, 2.45) is 17.8 Å². The van der Waals surface area contributed by atoms with Gasteiger partial charge in [-0.1, -0.05) is 27.7 Å². The van der Waals surface area contributed by atoms with E-state index < -0.39 is 12.8 Å². The molecule has 5 heteroatoms. The largest absolute Gasteiger partial charge is 0.411 e. The highest BCUT2D eigenvalue weighted by atomic mass is 19.4. The van der Waals surface area contributed by atoms with Crippen LogP contribution in [0.25, 0.3) is 0 Å². The van der Waals surface area contributed by atoms with Crippen LogP contribution in [-0.2, 0) is 4.74 Å². The average molecular weight is 269 g/mol. The monoisotopic (exact) mass is 269 g/mol. The van der Waals surface area contributed by atoms with Crippen molar-refractivity contribution in [1.29, 1.82) is 0 Å². The molecule has 0 saturated carbocycles. The molecule has 18 heavy (non-hydrogen) atoms. The fourth-order valence-electron chi connectivity index (χ4n) is 1.79. The van der Waals surface area contributed by atoms with Gasteiger partial charge in [0.1, 0.15) is 6.61 Å². The van der Waals surface area contributed by atoms with Gasteiger partial charge >= 0.3 is 6.18 Å². The van der Waals surface area contributed by atoms with E-state index in [0.717, 1.165) is 13.0 Å². The zero-order valence-electron chi connectivity index (χ0n) is 11.8. The second-order valence-electron chi connectivity index (χ2n) is 5.68. The molecule has 0 bridgehead atoms. The Labute approximate surface area is 108 Å². The lowest BCUT2D eigenvalue weighted by Crippen LogP contribution is -2.31. The highest BCUT2D eigenvalue weighted by Crippen LogP contribution is 2.17. The summed E-state index contributed by atoms with van der Waals surface area (Å²) in [6, 6.07) is 0. The molecule has 0 radical (unpaired) electrons. The molecule has 0 rings (SSSR count). The number of hydrogen-bond donors (Lipinski definition) is 1. The van der Waals surface area contributed by atoms with Gasteiger partial charge in [0, 0.05) is 6.54 Å². The van der Waals surface area contributed by atoms with Crippen LogP contribution in [0.5, 0.6) is 0 Å². The number of nitrogens with one attached hydrogen (secondary N) is 1. The number of halogens is 3. The smallest absolute Gasteiger partial charge is 0.372 e. The van der Waals surface area contributed by atoms with Gasteiger partial charge in [0.2, 0.25) is 0 Å². The Balaban J connectivity index is 3.91. The minimum Gasteiger partial charge on any atom is -0.372 e. The summed E-state index contributed by atoms with van der Waals surface area (Å²) in [6.45, 7) is 8.96. The van der Waals surface area contributed by atoms with Gasteiger partial charge in [0.05, 0.1) is 6.61 Å². The van der Waals surface area contributed by atoms with E-state index >= 15 is 0 Å². The highest BCUT2D eigenvalue weighted by molar-refractivity contribution is 4.65. The zero-order chi connectivity index (χ0) is 14.2. The van der Waals surface area contributed by atoms with Gasteiger partial charge in [0.25, 0.3) is 0 Å². The Morgan fingerprint density at radius 1 is 1.00 bits per heavy atom. The molecule has 1 unspecified atom stereocenters. The van der Waals surface area contributed by atoms with Crippen molar-refractivity contribution in [1.82, 2.24) is 5.32 Å². The Hall–Kier alpha value is -0.290. The minimum atomic E-state index is -4.23. The molecule has 0 aliphatic rings. The van der Waals surface area contributed by atoms with Crippen LogP contribution in [0.4, 0.5) is 13.2 Å². The van der Waals surface area contributed by atoms with Crippen LogP contribution in [0.15, 0.2) is 0 Å². The van der Waals surface area contributed by atoms with Crippen molar-refractivity contribution in [3.63, 3.8) is 0 Å². The molecule has 0 aromatic heterocycles. The van der Waals surface area contributed by atoms with Crippen molar-refractivity contribution in [3.05, 3.63) is 0 Å². The Kier molecular flexibility index (Phi) is 8.61. The van der Waals surface area contributed by atoms with Gasteiger partial charge in [-0.3, -0.25) is 0 Å². The molecule has 0 heterocycles. The predicted molar refractivity (Wildman–Crippen MR) is 67.5 cm³/mol. The third kappa shape index (κ3) is 12.2. The van der Waals surface area contributed by atoms with Crippen molar-refractivity contribution in [2.75, 3.05) is 26.3 Å². The maximum atomic E-state index is 12.0. The van der Waals surface area contributed by atoms with Crippen LogP contribution in [0.3, 0.4) is 0 Å². The van der Waals surface area contributed by atoms with E-state index in [1.165, 1.54) is 0 Å². The average Bonchev–Trinajstić information content (AvgIpc) is 2.13. The SMILES string of the molecule is CC(C)CNCC(COCC(F)(F)F)CC(C)C. The first kappa shape index (κ1) is 17.7.